The Morgan fingerprint density at radius 2 is 2.31 bits per heavy atom. The molecule has 2 atom stereocenters. The van der Waals surface area contributed by atoms with E-state index in [-0.39, 0.29) is 0 Å². The van der Waals surface area contributed by atoms with Crippen LogP contribution < -0.4 is 10.6 Å². The average molecular weight is 219 g/mol. The Morgan fingerprint density at radius 3 is 3.00 bits per heavy atom. The number of nitrogens with zero attached hydrogens (tertiary/aromatic N) is 2. The van der Waals surface area contributed by atoms with Crippen molar-refractivity contribution in [2.24, 2.45) is 17.6 Å². The predicted octanol–water partition coefficient (Wildman–Crippen LogP) is 1.81. The normalized spacial score (nSPS) is 25.8. The van der Waals surface area contributed by atoms with Gasteiger partial charge in [-0.15, -0.1) is 0 Å². The molecule has 1 aromatic heterocycles. The topological polar surface area (TPSA) is 42.1 Å². The van der Waals surface area contributed by atoms with E-state index in [2.05, 4.69) is 28.9 Å². The van der Waals surface area contributed by atoms with E-state index in [0.717, 1.165) is 37.1 Å². The van der Waals surface area contributed by atoms with E-state index in [4.69, 9.17) is 5.73 Å². The lowest BCUT2D eigenvalue weighted by Crippen LogP contribution is -2.43. The van der Waals surface area contributed by atoms with Crippen molar-refractivity contribution < 1.29 is 0 Å². The van der Waals surface area contributed by atoms with E-state index in [9.17, 15) is 0 Å². The van der Waals surface area contributed by atoms with Gasteiger partial charge in [0.05, 0.1) is 0 Å². The zero-order valence-corrected chi connectivity index (χ0v) is 10.2. The minimum atomic E-state index is 0.607. The van der Waals surface area contributed by atoms with Crippen LogP contribution in [0.3, 0.4) is 0 Å². The lowest BCUT2D eigenvalue weighted by atomic mass is 9.87. The molecule has 1 fully saturated rings. The first-order valence-corrected chi connectivity index (χ1v) is 6.09. The maximum absolute atomic E-state index is 5.82. The van der Waals surface area contributed by atoms with Gasteiger partial charge in [-0.1, -0.05) is 13.0 Å². The first kappa shape index (κ1) is 11.4. The monoisotopic (exact) mass is 219 g/mol. The SMILES string of the molecule is Cc1cccc(N2CCC(C)C(CN)C2)n1. The van der Waals surface area contributed by atoms with Crippen LogP contribution in [0.25, 0.3) is 0 Å². The van der Waals surface area contributed by atoms with Crippen molar-refractivity contribution in [3.05, 3.63) is 23.9 Å². The molecule has 2 rings (SSSR count). The maximum atomic E-state index is 5.82. The number of rotatable bonds is 2. The predicted molar refractivity (Wildman–Crippen MR) is 67.5 cm³/mol. The molecule has 0 spiro atoms. The lowest BCUT2D eigenvalue weighted by Gasteiger charge is -2.37. The molecule has 1 aliphatic heterocycles. The highest BCUT2D eigenvalue weighted by Gasteiger charge is 2.25. The quantitative estimate of drug-likeness (QED) is 0.825. The summed E-state index contributed by atoms with van der Waals surface area (Å²) in [7, 11) is 0. The molecule has 88 valence electrons. The Morgan fingerprint density at radius 1 is 1.50 bits per heavy atom. The van der Waals surface area contributed by atoms with Crippen molar-refractivity contribution >= 4 is 5.82 Å². The molecular formula is C13H21N3. The molecule has 0 bridgehead atoms. The maximum Gasteiger partial charge on any atom is 0.128 e. The Balaban J connectivity index is 2.11. The van der Waals surface area contributed by atoms with Crippen molar-refractivity contribution in [2.75, 3.05) is 24.5 Å². The number of hydrogen-bond acceptors (Lipinski definition) is 3. The smallest absolute Gasteiger partial charge is 0.128 e. The summed E-state index contributed by atoms with van der Waals surface area (Å²) in [6, 6.07) is 6.21. The van der Waals surface area contributed by atoms with Crippen LogP contribution >= 0.6 is 0 Å². The standard InChI is InChI=1S/C13H21N3/c1-10-6-7-16(9-12(10)8-14)13-5-3-4-11(2)15-13/h3-5,10,12H,6-9,14H2,1-2H3. The van der Waals surface area contributed by atoms with Crippen molar-refractivity contribution in [3.8, 4) is 0 Å². The molecule has 1 aromatic rings. The minimum Gasteiger partial charge on any atom is -0.356 e. The number of aryl methyl sites for hydroxylation is 1. The van der Waals surface area contributed by atoms with Gasteiger partial charge in [-0.05, 0) is 43.9 Å². The van der Waals surface area contributed by atoms with Gasteiger partial charge in [-0.2, -0.15) is 0 Å². The first-order valence-electron chi connectivity index (χ1n) is 6.09. The van der Waals surface area contributed by atoms with Crippen molar-refractivity contribution in [3.63, 3.8) is 0 Å². The molecule has 2 heterocycles. The third-order valence-corrected chi connectivity index (χ3v) is 3.61. The van der Waals surface area contributed by atoms with E-state index in [0.29, 0.717) is 5.92 Å². The fourth-order valence-corrected chi connectivity index (χ4v) is 2.37. The van der Waals surface area contributed by atoms with Gasteiger partial charge in [-0.25, -0.2) is 4.98 Å². The van der Waals surface area contributed by atoms with E-state index in [1.807, 2.05) is 13.0 Å². The highest BCUT2D eigenvalue weighted by Crippen LogP contribution is 2.25. The summed E-state index contributed by atoms with van der Waals surface area (Å²) in [6.07, 6.45) is 1.22. The molecule has 0 aromatic carbocycles. The Hall–Kier alpha value is -1.09. The highest BCUT2D eigenvalue weighted by atomic mass is 15.2. The van der Waals surface area contributed by atoms with Crippen LogP contribution in [0.5, 0.6) is 0 Å². The fraction of sp³-hybridized carbons (Fsp3) is 0.615. The van der Waals surface area contributed by atoms with E-state index in [1.165, 1.54) is 6.42 Å². The van der Waals surface area contributed by atoms with Gasteiger partial charge in [0.25, 0.3) is 0 Å². The molecule has 2 unspecified atom stereocenters. The molecular weight excluding hydrogens is 198 g/mol. The largest absolute Gasteiger partial charge is 0.356 e. The third-order valence-electron chi connectivity index (χ3n) is 3.61. The van der Waals surface area contributed by atoms with Crippen molar-refractivity contribution in [1.82, 2.24) is 4.98 Å². The van der Waals surface area contributed by atoms with Crippen LogP contribution in [0.2, 0.25) is 0 Å². The summed E-state index contributed by atoms with van der Waals surface area (Å²) in [6.45, 7) is 7.28. The second kappa shape index (κ2) is 4.83. The lowest BCUT2D eigenvalue weighted by molar-refractivity contribution is 0.307. The summed E-state index contributed by atoms with van der Waals surface area (Å²) >= 11 is 0. The van der Waals surface area contributed by atoms with Gasteiger partial charge in [0, 0.05) is 18.8 Å². The number of pyridine rings is 1. The first-order chi connectivity index (χ1) is 7.70. The summed E-state index contributed by atoms with van der Waals surface area (Å²) in [5.74, 6) is 2.45. The van der Waals surface area contributed by atoms with Gasteiger partial charge in [0.2, 0.25) is 0 Å². The van der Waals surface area contributed by atoms with Gasteiger partial charge < -0.3 is 10.6 Å². The van der Waals surface area contributed by atoms with Crippen molar-refractivity contribution in [1.29, 1.82) is 0 Å². The summed E-state index contributed by atoms with van der Waals surface area (Å²) < 4.78 is 0. The van der Waals surface area contributed by atoms with Crippen LogP contribution in [0.15, 0.2) is 18.2 Å². The Bertz CT molecular complexity index is 351. The van der Waals surface area contributed by atoms with Gasteiger partial charge in [-0.3, -0.25) is 0 Å². The van der Waals surface area contributed by atoms with Crippen LogP contribution in [-0.4, -0.2) is 24.6 Å². The summed E-state index contributed by atoms with van der Waals surface area (Å²) in [5.41, 5.74) is 6.90. The van der Waals surface area contributed by atoms with E-state index >= 15 is 0 Å². The molecule has 0 saturated carbocycles. The van der Waals surface area contributed by atoms with Crippen LogP contribution in [0.1, 0.15) is 19.0 Å². The minimum absolute atomic E-state index is 0.607. The van der Waals surface area contributed by atoms with Crippen LogP contribution in [-0.2, 0) is 0 Å². The molecule has 1 aliphatic rings. The molecule has 1 saturated heterocycles. The third kappa shape index (κ3) is 2.35. The number of aromatic nitrogens is 1. The highest BCUT2D eigenvalue weighted by molar-refractivity contribution is 5.39. The zero-order valence-electron chi connectivity index (χ0n) is 10.2. The molecule has 16 heavy (non-hydrogen) atoms. The number of anilines is 1. The van der Waals surface area contributed by atoms with Crippen molar-refractivity contribution in [2.45, 2.75) is 20.3 Å². The molecule has 3 heteroatoms. The Kier molecular flexibility index (Phi) is 3.44. The van der Waals surface area contributed by atoms with Crippen LogP contribution in [0.4, 0.5) is 5.82 Å². The molecule has 0 radical (unpaired) electrons. The van der Waals surface area contributed by atoms with Gasteiger partial charge in [0.1, 0.15) is 5.82 Å². The van der Waals surface area contributed by atoms with E-state index in [1.54, 1.807) is 0 Å². The number of hydrogen-bond donors (Lipinski definition) is 1. The molecule has 3 nitrogen and oxygen atoms in total. The molecule has 2 N–H and O–H groups in total. The Labute approximate surface area is 97.7 Å². The number of piperidine rings is 1. The summed E-state index contributed by atoms with van der Waals surface area (Å²) in [4.78, 5) is 6.94. The van der Waals surface area contributed by atoms with Gasteiger partial charge in [0.15, 0.2) is 0 Å². The molecule has 0 amide bonds. The van der Waals surface area contributed by atoms with Crippen LogP contribution in [0, 0.1) is 18.8 Å². The zero-order chi connectivity index (χ0) is 11.5. The second-order valence-electron chi connectivity index (χ2n) is 4.84. The number of nitrogens with two attached hydrogens (primary N) is 1. The van der Waals surface area contributed by atoms with E-state index < -0.39 is 0 Å². The molecule has 0 aliphatic carbocycles. The average Bonchev–Trinajstić information content (AvgIpc) is 2.29. The second-order valence-corrected chi connectivity index (χ2v) is 4.84. The summed E-state index contributed by atoms with van der Waals surface area (Å²) in [5, 5.41) is 0. The fourth-order valence-electron chi connectivity index (χ4n) is 2.37. The van der Waals surface area contributed by atoms with Gasteiger partial charge >= 0.3 is 0 Å².